The van der Waals surface area contributed by atoms with Crippen molar-refractivity contribution in [1.82, 2.24) is 5.32 Å². The number of primary amides is 1. The fourth-order valence-electron chi connectivity index (χ4n) is 3.76. The summed E-state index contributed by atoms with van der Waals surface area (Å²) < 4.78 is 10.5. The molecule has 0 bridgehead atoms. The number of hydrogen-bond donors (Lipinski definition) is 2. The van der Waals surface area contributed by atoms with Crippen molar-refractivity contribution in [3.63, 3.8) is 0 Å². The first kappa shape index (κ1) is 28.0. The normalized spacial score (nSPS) is 16.2. The smallest absolute Gasteiger partial charge is 0.233 e. The van der Waals surface area contributed by atoms with E-state index in [1.165, 1.54) is 0 Å². The zero-order chi connectivity index (χ0) is 24.2. The van der Waals surface area contributed by atoms with Gasteiger partial charge >= 0.3 is 0 Å². The van der Waals surface area contributed by atoms with Crippen LogP contribution in [-0.4, -0.2) is 54.7 Å². The minimum Gasteiger partial charge on any atom is -0.494 e. The van der Waals surface area contributed by atoms with Gasteiger partial charge < -0.3 is 20.5 Å². The van der Waals surface area contributed by atoms with Crippen LogP contribution in [-0.2, 0) is 14.3 Å². The Hall–Kier alpha value is -1.99. The molecule has 0 radical (unpaired) electrons. The van der Waals surface area contributed by atoms with Gasteiger partial charge in [0.05, 0.1) is 11.4 Å². The molecule has 1 aromatic rings. The Bertz CT molecular complexity index is 813. The molecule has 1 unspecified atom stereocenters. The molecule has 1 aromatic carbocycles. The standard InChI is InChI=1S/C23H36N2O4S.C2H6/c1-5-7-18(2)21(26)25-14-6-15-29-19-8-10-20(11-9-19)30(3,4)23(22(24)27)12-16-28-17-13-23;1-2/h8-11,18H,3-7,12-17H2,1-2H3,(H2,24,27)(H,25,26);1-2H3. The van der Waals surface area contributed by atoms with E-state index in [9.17, 15) is 9.59 Å². The van der Waals surface area contributed by atoms with E-state index < -0.39 is 14.0 Å². The highest BCUT2D eigenvalue weighted by Crippen LogP contribution is 2.50. The lowest BCUT2D eigenvalue weighted by Gasteiger charge is -2.41. The average molecular weight is 467 g/mol. The van der Waals surface area contributed by atoms with Crippen LogP contribution in [0.2, 0.25) is 0 Å². The van der Waals surface area contributed by atoms with Crippen molar-refractivity contribution in [2.45, 2.75) is 69.4 Å². The number of nitrogens with one attached hydrogen (secondary N) is 1. The summed E-state index contributed by atoms with van der Waals surface area (Å²) in [6.45, 7) is 10.1. The molecule has 2 amide bonds. The van der Waals surface area contributed by atoms with Gasteiger partial charge in [0.25, 0.3) is 0 Å². The molecule has 2 rings (SSSR count). The number of benzene rings is 1. The van der Waals surface area contributed by atoms with Crippen LogP contribution in [0.3, 0.4) is 0 Å². The molecule has 7 heteroatoms. The van der Waals surface area contributed by atoms with Crippen LogP contribution < -0.4 is 15.8 Å². The Kier molecular flexibility index (Phi) is 11.9. The van der Waals surface area contributed by atoms with Crippen LogP contribution in [0, 0.1) is 5.92 Å². The fourth-order valence-corrected chi connectivity index (χ4v) is 6.21. The van der Waals surface area contributed by atoms with Crippen LogP contribution in [0.25, 0.3) is 0 Å². The zero-order valence-corrected chi connectivity index (χ0v) is 21.1. The third kappa shape index (κ3) is 7.01. The van der Waals surface area contributed by atoms with Crippen molar-refractivity contribution in [3.05, 3.63) is 24.3 Å². The van der Waals surface area contributed by atoms with Gasteiger partial charge in [-0.05, 0) is 54.8 Å². The minimum absolute atomic E-state index is 0.0518. The van der Waals surface area contributed by atoms with Crippen molar-refractivity contribution in [2.24, 2.45) is 11.7 Å². The molecule has 1 atom stereocenters. The number of carbonyl (C=O) groups excluding carboxylic acids is 2. The van der Waals surface area contributed by atoms with E-state index >= 15 is 0 Å². The van der Waals surface area contributed by atoms with E-state index in [0.29, 0.717) is 39.2 Å². The van der Waals surface area contributed by atoms with Crippen LogP contribution >= 0.6 is 9.21 Å². The SMILES string of the molecule is C=S(=C)(c1ccc(OCCCNC(=O)C(C)CCC)cc1)C1(C(N)=O)CCOCC1.CC. The average Bonchev–Trinajstić information content (AvgIpc) is 2.80. The number of hydrogen-bond acceptors (Lipinski definition) is 4. The third-order valence-electron chi connectivity index (χ3n) is 5.83. The van der Waals surface area contributed by atoms with Gasteiger partial charge in [0.15, 0.2) is 0 Å². The summed E-state index contributed by atoms with van der Waals surface area (Å²) in [5.41, 5.74) is 5.80. The van der Waals surface area contributed by atoms with Gasteiger partial charge in [0.2, 0.25) is 11.8 Å². The van der Waals surface area contributed by atoms with E-state index in [1.807, 2.05) is 45.0 Å². The van der Waals surface area contributed by atoms with Gasteiger partial charge in [0, 0.05) is 25.7 Å². The van der Waals surface area contributed by atoms with Gasteiger partial charge in [-0.25, -0.2) is 0 Å². The lowest BCUT2D eigenvalue weighted by molar-refractivity contribution is -0.124. The maximum absolute atomic E-state index is 12.3. The largest absolute Gasteiger partial charge is 0.494 e. The summed E-state index contributed by atoms with van der Waals surface area (Å²) >= 11 is 0. The maximum Gasteiger partial charge on any atom is 0.233 e. The van der Waals surface area contributed by atoms with Gasteiger partial charge in [-0.2, -0.15) is 9.21 Å². The number of nitrogens with two attached hydrogens (primary N) is 1. The number of rotatable bonds is 11. The molecule has 0 aromatic heterocycles. The molecule has 1 heterocycles. The number of ether oxygens (including phenoxy) is 2. The van der Waals surface area contributed by atoms with Crippen LogP contribution in [0.5, 0.6) is 5.75 Å². The summed E-state index contributed by atoms with van der Waals surface area (Å²) in [5.74, 6) is 9.25. The first-order valence-corrected chi connectivity index (χ1v) is 13.6. The third-order valence-corrected chi connectivity index (χ3v) is 9.11. The van der Waals surface area contributed by atoms with Crippen molar-refractivity contribution < 1.29 is 19.1 Å². The van der Waals surface area contributed by atoms with Gasteiger partial charge in [-0.15, -0.1) is 0 Å². The zero-order valence-electron chi connectivity index (χ0n) is 20.3. The summed E-state index contributed by atoms with van der Waals surface area (Å²) in [5, 5.41) is 2.95. The van der Waals surface area contributed by atoms with Crippen molar-refractivity contribution in [1.29, 1.82) is 0 Å². The quantitative estimate of drug-likeness (QED) is 0.379. The Morgan fingerprint density at radius 2 is 1.81 bits per heavy atom. The van der Waals surface area contributed by atoms with Gasteiger partial charge in [0.1, 0.15) is 5.75 Å². The van der Waals surface area contributed by atoms with Crippen LogP contribution in [0.15, 0.2) is 29.2 Å². The second-order valence-electron chi connectivity index (χ2n) is 8.01. The molecule has 3 N–H and O–H groups in total. The van der Waals surface area contributed by atoms with Crippen molar-refractivity contribution in [2.75, 3.05) is 26.4 Å². The van der Waals surface area contributed by atoms with E-state index in [-0.39, 0.29) is 17.7 Å². The lowest BCUT2D eigenvalue weighted by atomic mass is 9.98. The Balaban J connectivity index is 0.00000249. The predicted molar refractivity (Wildman–Crippen MR) is 137 cm³/mol. The molecule has 0 saturated carbocycles. The molecular weight excluding hydrogens is 424 g/mol. The van der Waals surface area contributed by atoms with Gasteiger partial charge in [-0.3, -0.25) is 9.59 Å². The van der Waals surface area contributed by atoms with E-state index in [1.54, 1.807) is 0 Å². The second kappa shape index (κ2) is 13.5. The fraction of sp³-hybridized carbons (Fsp3) is 0.600. The lowest BCUT2D eigenvalue weighted by Crippen LogP contribution is -2.47. The predicted octanol–water partition coefficient (Wildman–Crippen LogP) is 4.10. The molecule has 1 aliphatic heterocycles. The summed E-state index contributed by atoms with van der Waals surface area (Å²) in [6.07, 6.45) is 3.74. The minimum atomic E-state index is -1.95. The van der Waals surface area contributed by atoms with Crippen molar-refractivity contribution in [3.8, 4) is 5.75 Å². The number of amides is 2. The van der Waals surface area contributed by atoms with Gasteiger partial charge in [-0.1, -0.05) is 45.9 Å². The van der Waals surface area contributed by atoms with E-state index in [0.717, 1.165) is 29.9 Å². The molecule has 0 aliphatic carbocycles. The first-order valence-electron chi connectivity index (χ1n) is 11.6. The molecule has 182 valence electrons. The van der Waals surface area contributed by atoms with Crippen LogP contribution in [0.1, 0.15) is 59.8 Å². The van der Waals surface area contributed by atoms with E-state index in [2.05, 4.69) is 24.0 Å². The molecular formula is C25H42N2O4S. The highest BCUT2D eigenvalue weighted by Gasteiger charge is 2.43. The molecule has 6 nitrogen and oxygen atoms in total. The van der Waals surface area contributed by atoms with Crippen molar-refractivity contribution >= 4 is 32.8 Å². The summed E-state index contributed by atoms with van der Waals surface area (Å²) in [4.78, 5) is 25.2. The molecule has 0 spiro atoms. The second-order valence-corrected chi connectivity index (χ2v) is 11.0. The molecule has 1 fully saturated rings. The Morgan fingerprint density at radius 1 is 1.22 bits per heavy atom. The maximum atomic E-state index is 12.3. The summed E-state index contributed by atoms with van der Waals surface area (Å²) in [6, 6.07) is 7.62. The monoisotopic (exact) mass is 466 g/mol. The Labute approximate surface area is 194 Å². The molecule has 32 heavy (non-hydrogen) atoms. The molecule has 1 saturated heterocycles. The summed E-state index contributed by atoms with van der Waals surface area (Å²) in [7, 11) is -1.95. The highest BCUT2D eigenvalue weighted by atomic mass is 32.2. The van der Waals surface area contributed by atoms with E-state index in [4.69, 9.17) is 15.2 Å². The van der Waals surface area contributed by atoms with Crippen LogP contribution in [0.4, 0.5) is 0 Å². The number of carbonyl (C=O) groups is 2. The first-order chi connectivity index (χ1) is 15.2. The Morgan fingerprint density at radius 3 is 2.34 bits per heavy atom. The molecule has 1 aliphatic rings. The highest BCUT2D eigenvalue weighted by molar-refractivity contribution is 8.29. The topological polar surface area (TPSA) is 90.6 Å².